The summed E-state index contributed by atoms with van der Waals surface area (Å²) in [5, 5.41) is 6.44. The maximum Gasteiger partial charge on any atom is 0.257 e. The van der Waals surface area contributed by atoms with E-state index in [4.69, 9.17) is 21.1 Å². The molecule has 0 spiro atoms. The van der Waals surface area contributed by atoms with Crippen LogP contribution in [-0.4, -0.2) is 30.6 Å². The van der Waals surface area contributed by atoms with E-state index in [0.717, 1.165) is 5.56 Å². The summed E-state index contributed by atoms with van der Waals surface area (Å²) in [6.07, 6.45) is 3.41. The first-order valence-electron chi connectivity index (χ1n) is 9.67. The molecule has 1 aromatic heterocycles. The molecule has 2 aromatic carbocycles. The molecule has 3 rings (SSSR count). The topological polar surface area (TPSA) is 84.8 Å². The van der Waals surface area contributed by atoms with Crippen molar-refractivity contribution >= 4 is 29.2 Å². The number of anilines is 1. The fourth-order valence-electron chi connectivity index (χ4n) is 2.73. The van der Waals surface area contributed by atoms with Gasteiger partial charge in [-0.3, -0.25) is 15.1 Å². The van der Waals surface area contributed by atoms with Crippen molar-refractivity contribution in [3.8, 4) is 11.5 Å². The van der Waals surface area contributed by atoms with Crippen LogP contribution in [0.1, 0.15) is 22.8 Å². The Bertz CT molecular complexity index is 1040. The molecule has 0 aliphatic heterocycles. The molecule has 160 valence electrons. The second-order valence-electron chi connectivity index (χ2n) is 6.41. The highest BCUT2D eigenvalue weighted by atomic mass is 35.5. The third-order valence-electron chi connectivity index (χ3n) is 4.22. The Morgan fingerprint density at radius 2 is 1.97 bits per heavy atom. The molecule has 2 N–H and O–H groups in total. The maximum absolute atomic E-state index is 12.8. The van der Waals surface area contributed by atoms with Gasteiger partial charge in [-0.1, -0.05) is 17.7 Å². The number of halogens is 1. The highest BCUT2D eigenvalue weighted by Gasteiger charge is 2.12. The standard InChI is InChI=1S/C23H23ClN4O3/c1-3-31-19-9-6-17(7-10-19)22(29)28-23(26-15-16-5-4-12-25-14-16)27-20-13-18(24)8-11-21(20)30-2/h4-14H,3,15H2,1-2H3,(H2,26,27,28,29). The minimum absolute atomic E-state index is 0.253. The quantitative estimate of drug-likeness (QED) is 0.418. The molecule has 8 heteroatoms. The first kappa shape index (κ1) is 22.1. The highest BCUT2D eigenvalue weighted by Crippen LogP contribution is 2.27. The molecule has 7 nitrogen and oxygen atoms in total. The highest BCUT2D eigenvalue weighted by molar-refractivity contribution is 6.31. The summed E-state index contributed by atoms with van der Waals surface area (Å²) in [7, 11) is 1.55. The summed E-state index contributed by atoms with van der Waals surface area (Å²) in [5.74, 6) is 1.20. The Morgan fingerprint density at radius 3 is 2.65 bits per heavy atom. The Kier molecular flexibility index (Phi) is 7.84. The average molecular weight is 439 g/mol. The molecule has 0 aliphatic rings. The molecule has 0 bridgehead atoms. The number of amides is 1. The van der Waals surface area contributed by atoms with E-state index in [0.29, 0.717) is 40.9 Å². The predicted octanol–water partition coefficient (Wildman–Crippen LogP) is 4.54. The second-order valence-corrected chi connectivity index (χ2v) is 6.84. The van der Waals surface area contributed by atoms with E-state index in [1.54, 1.807) is 62.0 Å². The molecule has 0 saturated carbocycles. The zero-order valence-electron chi connectivity index (χ0n) is 17.3. The Morgan fingerprint density at radius 1 is 1.16 bits per heavy atom. The van der Waals surface area contributed by atoms with Crippen molar-refractivity contribution in [2.75, 3.05) is 19.0 Å². The number of ether oxygens (including phenoxy) is 2. The zero-order valence-corrected chi connectivity index (χ0v) is 18.0. The minimum Gasteiger partial charge on any atom is -0.495 e. The van der Waals surface area contributed by atoms with Crippen molar-refractivity contribution in [2.45, 2.75) is 13.5 Å². The number of aromatic nitrogens is 1. The van der Waals surface area contributed by atoms with E-state index in [1.165, 1.54) is 0 Å². The number of benzene rings is 2. The van der Waals surface area contributed by atoms with Crippen LogP contribution in [0.3, 0.4) is 0 Å². The van der Waals surface area contributed by atoms with Gasteiger partial charge in [-0.25, -0.2) is 4.99 Å². The number of hydrogen-bond donors (Lipinski definition) is 2. The summed E-state index contributed by atoms with van der Waals surface area (Å²) < 4.78 is 10.8. The molecular weight excluding hydrogens is 416 g/mol. The molecule has 1 heterocycles. The molecule has 0 radical (unpaired) electrons. The molecule has 0 atom stereocenters. The van der Waals surface area contributed by atoms with Crippen molar-refractivity contribution < 1.29 is 14.3 Å². The smallest absolute Gasteiger partial charge is 0.257 e. The van der Waals surface area contributed by atoms with E-state index >= 15 is 0 Å². The monoisotopic (exact) mass is 438 g/mol. The predicted molar refractivity (Wildman–Crippen MR) is 122 cm³/mol. The Hall–Kier alpha value is -3.58. The lowest BCUT2D eigenvalue weighted by Crippen LogP contribution is -2.36. The van der Waals surface area contributed by atoms with Crippen molar-refractivity contribution in [3.63, 3.8) is 0 Å². The largest absolute Gasteiger partial charge is 0.495 e. The number of carbonyl (C=O) groups excluding carboxylic acids is 1. The lowest BCUT2D eigenvalue weighted by molar-refractivity contribution is 0.0977. The third-order valence-corrected chi connectivity index (χ3v) is 4.45. The molecule has 0 aliphatic carbocycles. The number of methoxy groups -OCH3 is 1. The van der Waals surface area contributed by atoms with Crippen LogP contribution in [0.2, 0.25) is 5.02 Å². The van der Waals surface area contributed by atoms with Crippen LogP contribution in [0.25, 0.3) is 0 Å². The van der Waals surface area contributed by atoms with Gasteiger partial charge in [0.1, 0.15) is 11.5 Å². The Balaban J connectivity index is 1.83. The van der Waals surface area contributed by atoms with Crippen LogP contribution in [0, 0.1) is 0 Å². The summed E-state index contributed by atoms with van der Waals surface area (Å²) in [5.41, 5.74) is 1.94. The molecule has 0 fully saturated rings. The van der Waals surface area contributed by atoms with Gasteiger partial charge in [-0.05, 0) is 61.0 Å². The summed E-state index contributed by atoms with van der Waals surface area (Å²) in [6.45, 7) is 2.78. The number of aliphatic imine (C=N–C) groups is 1. The Labute approximate surface area is 186 Å². The molecule has 1 amide bonds. The number of pyridine rings is 1. The lowest BCUT2D eigenvalue weighted by atomic mass is 10.2. The fraction of sp³-hybridized carbons (Fsp3) is 0.174. The summed E-state index contributed by atoms with van der Waals surface area (Å²) in [6, 6.07) is 15.8. The number of rotatable bonds is 7. The van der Waals surface area contributed by atoms with Gasteiger partial charge in [0.05, 0.1) is 25.9 Å². The van der Waals surface area contributed by atoms with Crippen molar-refractivity contribution in [1.82, 2.24) is 10.3 Å². The van der Waals surface area contributed by atoms with Crippen LogP contribution in [-0.2, 0) is 6.54 Å². The molecular formula is C23H23ClN4O3. The number of guanidine groups is 1. The van der Waals surface area contributed by atoms with Crippen molar-refractivity contribution in [2.24, 2.45) is 4.99 Å². The van der Waals surface area contributed by atoms with Gasteiger partial charge in [-0.15, -0.1) is 0 Å². The van der Waals surface area contributed by atoms with Gasteiger partial charge in [0.2, 0.25) is 5.96 Å². The third kappa shape index (κ3) is 6.45. The molecule has 0 saturated heterocycles. The van der Waals surface area contributed by atoms with Crippen LogP contribution < -0.4 is 20.1 Å². The van der Waals surface area contributed by atoms with Crippen LogP contribution in [0.15, 0.2) is 72.0 Å². The fourth-order valence-corrected chi connectivity index (χ4v) is 2.90. The first-order valence-corrected chi connectivity index (χ1v) is 10.0. The maximum atomic E-state index is 12.8. The first-order chi connectivity index (χ1) is 15.1. The number of hydrogen-bond acceptors (Lipinski definition) is 5. The van der Waals surface area contributed by atoms with Gasteiger partial charge in [0.15, 0.2) is 0 Å². The zero-order chi connectivity index (χ0) is 22.1. The molecule has 0 unspecified atom stereocenters. The number of nitrogens with zero attached hydrogens (tertiary/aromatic N) is 2. The van der Waals surface area contributed by atoms with E-state index < -0.39 is 0 Å². The van der Waals surface area contributed by atoms with Crippen molar-refractivity contribution in [1.29, 1.82) is 0 Å². The van der Waals surface area contributed by atoms with Crippen LogP contribution in [0.5, 0.6) is 11.5 Å². The van der Waals surface area contributed by atoms with E-state index in [-0.39, 0.29) is 11.9 Å². The van der Waals surface area contributed by atoms with Crippen molar-refractivity contribution in [3.05, 3.63) is 83.1 Å². The van der Waals surface area contributed by atoms with Gasteiger partial charge >= 0.3 is 0 Å². The second kappa shape index (κ2) is 11.0. The molecule has 31 heavy (non-hydrogen) atoms. The van der Waals surface area contributed by atoms with Gasteiger partial charge in [0, 0.05) is 23.0 Å². The van der Waals surface area contributed by atoms with E-state index in [2.05, 4.69) is 20.6 Å². The summed E-state index contributed by atoms with van der Waals surface area (Å²) in [4.78, 5) is 21.4. The SMILES string of the molecule is CCOc1ccc(C(=O)NC(=NCc2cccnc2)Nc2cc(Cl)ccc2OC)cc1. The van der Waals surface area contributed by atoms with E-state index in [9.17, 15) is 4.79 Å². The normalized spacial score (nSPS) is 11.0. The lowest BCUT2D eigenvalue weighted by Gasteiger charge is -2.15. The van der Waals surface area contributed by atoms with E-state index in [1.807, 2.05) is 19.1 Å². The average Bonchev–Trinajstić information content (AvgIpc) is 2.79. The van der Waals surface area contributed by atoms with Crippen LogP contribution in [0.4, 0.5) is 5.69 Å². The van der Waals surface area contributed by atoms with Gasteiger partial charge < -0.3 is 14.8 Å². The van der Waals surface area contributed by atoms with Gasteiger partial charge in [-0.2, -0.15) is 0 Å². The van der Waals surface area contributed by atoms with Crippen LogP contribution >= 0.6 is 11.6 Å². The molecule has 3 aromatic rings. The van der Waals surface area contributed by atoms with Gasteiger partial charge in [0.25, 0.3) is 5.91 Å². The number of nitrogens with one attached hydrogen (secondary N) is 2. The number of carbonyl (C=O) groups is 1. The minimum atomic E-state index is -0.318. The summed E-state index contributed by atoms with van der Waals surface area (Å²) >= 11 is 6.13.